The van der Waals surface area contributed by atoms with E-state index in [1.54, 1.807) is 0 Å². The number of ether oxygens (including phenoxy) is 1. The number of aromatic nitrogens is 1. The van der Waals surface area contributed by atoms with Crippen LogP contribution >= 0.6 is 0 Å². The van der Waals surface area contributed by atoms with Gasteiger partial charge in [-0.1, -0.05) is 6.92 Å². The predicted molar refractivity (Wildman–Crippen MR) is 76.8 cm³/mol. The third-order valence-electron chi connectivity index (χ3n) is 4.04. The summed E-state index contributed by atoms with van der Waals surface area (Å²) < 4.78 is 5.84. The zero-order valence-electron chi connectivity index (χ0n) is 11.6. The SMILES string of the molecule is CCCOc1cccnc1N1CCC2CCC(C1)N2. The van der Waals surface area contributed by atoms with Crippen molar-refractivity contribution in [1.29, 1.82) is 0 Å². The van der Waals surface area contributed by atoms with E-state index in [1.165, 1.54) is 19.3 Å². The monoisotopic (exact) mass is 261 g/mol. The Kier molecular flexibility index (Phi) is 3.87. The summed E-state index contributed by atoms with van der Waals surface area (Å²) in [7, 11) is 0. The van der Waals surface area contributed by atoms with Gasteiger partial charge < -0.3 is 15.0 Å². The van der Waals surface area contributed by atoms with E-state index < -0.39 is 0 Å². The average Bonchev–Trinajstić information content (AvgIpc) is 2.77. The molecular formula is C15H23N3O. The van der Waals surface area contributed by atoms with Crippen molar-refractivity contribution < 1.29 is 4.74 Å². The summed E-state index contributed by atoms with van der Waals surface area (Å²) >= 11 is 0. The Bertz CT molecular complexity index is 424. The zero-order valence-corrected chi connectivity index (χ0v) is 11.6. The summed E-state index contributed by atoms with van der Waals surface area (Å²) in [5.41, 5.74) is 0. The highest BCUT2D eigenvalue weighted by molar-refractivity contribution is 5.52. The van der Waals surface area contributed by atoms with Crippen LogP contribution in [0, 0.1) is 0 Å². The lowest BCUT2D eigenvalue weighted by molar-refractivity contribution is 0.316. The molecule has 1 N–H and O–H groups in total. The first-order chi connectivity index (χ1) is 9.36. The summed E-state index contributed by atoms with van der Waals surface area (Å²) in [4.78, 5) is 6.94. The van der Waals surface area contributed by atoms with Crippen LogP contribution in [0.25, 0.3) is 0 Å². The van der Waals surface area contributed by atoms with Crippen LogP contribution in [0.1, 0.15) is 32.6 Å². The third-order valence-corrected chi connectivity index (χ3v) is 4.04. The Labute approximate surface area is 115 Å². The minimum absolute atomic E-state index is 0.619. The fourth-order valence-corrected chi connectivity index (χ4v) is 3.08. The second-order valence-electron chi connectivity index (χ2n) is 5.55. The van der Waals surface area contributed by atoms with E-state index in [-0.39, 0.29) is 0 Å². The highest BCUT2D eigenvalue weighted by atomic mass is 16.5. The molecule has 19 heavy (non-hydrogen) atoms. The molecule has 104 valence electrons. The number of fused-ring (bicyclic) bond motifs is 2. The highest BCUT2D eigenvalue weighted by Crippen LogP contribution is 2.29. The molecule has 0 radical (unpaired) electrons. The highest BCUT2D eigenvalue weighted by Gasteiger charge is 2.30. The van der Waals surface area contributed by atoms with Crippen molar-refractivity contribution in [3.8, 4) is 5.75 Å². The van der Waals surface area contributed by atoms with Crippen LogP contribution in [0.15, 0.2) is 18.3 Å². The van der Waals surface area contributed by atoms with Gasteiger partial charge in [0.05, 0.1) is 6.61 Å². The molecule has 4 nitrogen and oxygen atoms in total. The van der Waals surface area contributed by atoms with Gasteiger partial charge in [-0.15, -0.1) is 0 Å². The van der Waals surface area contributed by atoms with Gasteiger partial charge in [-0.3, -0.25) is 0 Å². The minimum Gasteiger partial charge on any atom is -0.490 e. The molecule has 0 aromatic carbocycles. The summed E-state index contributed by atoms with van der Waals surface area (Å²) in [6, 6.07) is 5.32. The first-order valence-electron chi connectivity index (χ1n) is 7.45. The molecule has 2 saturated heterocycles. The zero-order chi connectivity index (χ0) is 13.1. The van der Waals surface area contributed by atoms with Crippen molar-refractivity contribution in [2.45, 2.75) is 44.7 Å². The van der Waals surface area contributed by atoms with Gasteiger partial charge in [0.15, 0.2) is 11.6 Å². The van der Waals surface area contributed by atoms with Gasteiger partial charge >= 0.3 is 0 Å². The lowest BCUT2D eigenvalue weighted by Crippen LogP contribution is -2.35. The Morgan fingerprint density at radius 2 is 2.26 bits per heavy atom. The molecule has 0 spiro atoms. The molecule has 3 heterocycles. The van der Waals surface area contributed by atoms with Gasteiger partial charge in [0, 0.05) is 31.4 Å². The van der Waals surface area contributed by atoms with Crippen LogP contribution in [0.4, 0.5) is 5.82 Å². The van der Waals surface area contributed by atoms with E-state index in [0.717, 1.165) is 37.7 Å². The van der Waals surface area contributed by atoms with Crippen LogP contribution in [-0.4, -0.2) is 36.8 Å². The molecule has 4 heteroatoms. The first-order valence-corrected chi connectivity index (χ1v) is 7.45. The summed E-state index contributed by atoms with van der Waals surface area (Å²) in [6.07, 6.45) is 6.73. The Morgan fingerprint density at radius 1 is 1.37 bits per heavy atom. The molecule has 1 aromatic heterocycles. The summed E-state index contributed by atoms with van der Waals surface area (Å²) in [6.45, 7) is 5.02. The van der Waals surface area contributed by atoms with E-state index in [1.807, 2.05) is 18.3 Å². The molecule has 2 unspecified atom stereocenters. The normalized spacial score (nSPS) is 26.3. The fourth-order valence-electron chi connectivity index (χ4n) is 3.08. The van der Waals surface area contributed by atoms with Crippen molar-refractivity contribution in [3.05, 3.63) is 18.3 Å². The van der Waals surface area contributed by atoms with Crippen LogP contribution in [-0.2, 0) is 0 Å². The van der Waals surface area contributed by atoms with Crippen LogP contribution < -0.4 is 15.0 Å². The number of hydrogen-bond acceptors (Lipinski definition) is 4. The van der Waals surface area contributed by atoms with E-state index in [9.17, 15) is 0 Å². The van der Waals surface area contributed by atoms with Crippen LogP contribution in [0.5, 0.6) is 5.75 Å². The van der Waals surface area contributed by atoms with Crippen molar-refractivity contribution in [2.24, 2.45) is 0 Å². The summed E-state index contributed by atoms with van der Waals surface area (Å²) in [5, 5.41) is 3.70. The Morgan fingerprint density at radius 3 is 3.16 bits per heavy atom. The maximum Gasteiger partial charge on any atom is 0.171 e. The maximum absolute atomic E-state index is 5.84. The van der Waals surface area contributed by atoms with E-state index >= 15 is 0 Å². The Balaban J connectivity index is 1.77. The standard InChI is InChI=1S/C15H23N3O/c1-2-10-19-14-4-3-8-16-15(14)18-9-7-12-5-6-13(11-18)17-12/h3-4,8,12-13,17H,2,5-7,9-11H2,1H3. The van der Waals surface area contributed by atoms with Crippen molar-refractivity contribution in [2.75, 3.05) is 24.6 Å². The Hall–Kier alpha value is -1.29. The lowest BCUT2D eigenvalue weighted by atomic mass is 10.1. The largest absolute Gasteiger partial charge is 0.490 e. The van der Waals surface area contributed by atoms with E-state index in [2.05, 4.69) is 22.1 Å². The van der Waals surface area contributed by atoms with Gasteiger partial charge in [-0.25, -0.2) is 4.98 Å². The first kappa shape index (κ1) is 12.7. The molecule has 2 aliphatic rings. The smallest absolute Gasteiger partial charge is 0.171 e. The van der Waals surface area contributed by atoms with Gasteiger partial charge in [-0.2, -0.15) is 0 Å². The molecule has 2 bridgehead atoms. The molecule has 3 rings (SSSR count). The molecule has 2 fully saturated rings. The van der Waals surface area contributed by atoms with E-state index in [0.29, 0.717) is 12.1 Å². The number of hydrogen-bond donors (Lipinski definition) is 1. The predicted octanol–water partition coefficient (Wildman–Crippen LogP) is 2.20. The molecule has 2 aliphatic heterocycles. The molecule has 2 atom stereocenters. The number of pyridine rings is 1. The van der Waals surface area contributed by atoms with E-state index in [4.69, 9.17) is 4.74 Å². The van der Waals surface area contributed by atoms with Gasteiger partial charge in [-0.05, 0) is 37.8 Å². The third kappa shape index (κ3) is 2.84. The molecule has 0 aliphatic carbocycles. The topological polar surface area (TPSA) is 37.4 Å². The second-order valence-corrected chi connectivity index (χ2v) is 5.55. The molecule has 0 saturated carbocycles. The number of nitrogens with zero attached hydrogens (tertiary/aromatic N) is 2. The quantitative estimate of drug-likeness (QED) is 0.901. The lowest BCUT2D eigenvalue weighted by Gasteiger charge is -2.26. The molecular weight excluding hydrogens is 238 g/mol. The van der Waals surface area contributed by atoms with Gasteiger partial charge in [0.1, 0.15) is 0 Å². The molecule has 1 aromatic rings. The number of nitrogens with one attached hydrogen (secondary N) is 1. The molecule has 0 amide bonds. The van der Waals surface area contributed by atoms with Crippen LogP contribution in [0.2, 0.25) is 0 Å². The van der Waals surface area contributed by atoms with Gasteiger partial charge in [0.25, 0.3) is 0 Å². The number of anilines is 1. The van der Waals surface area contributed by atoms with Gasteiger partial charge in [0.2, 0.25) is 0 Å². The van der Waals surface area contributed by atoms with Crippen LogP contribution in [0.3, 0.4) is 0 Å². The second kappa shape index (κ2) is 5.78. The summed E-state index contributed by atoms with van der Waals surface area (Å²) in [5.74, 6) is 1.95. The minimum atomic E-state index is 0.619. The van der Waals surface area contributed by atoms with Crippen molar-refractivity contribution in [1.82, 2.24) is 10.3 Å². The van der Waals surface area contributed by atoms with Crippen molar-refractivity contribution in [3.63, 3.8) is 0 Å². The fraction of sp³-hybridized carbons (Fsp3) is 0.667. The number of rotatable bonds is 4. The average molecular weight is 261 g/mol. The maximum atomic E-state index is 5.84. The van der Waals surface area contributed by atoms with Crippen molar-refractivity contribution >= 4 is 5.82 Å².